The van der Waals surface area contributed by atoms with E-state index in [0.717, 1.165) is 0 Å². The molecule has 60 valence electrons. The van der Waals surface area contributed by atoms with E-state index in [1.54, 1.807) is 6.92 Å². The predicted octanol–water partition coefficient (Wildman–Crippen LogP) is -1.94. The molecule has 1 saturated heterocycles. The van der Waals surface area contributed by atoms with Crippen molar-refractivity contribution in [3.63, 3.8) is 0 Å². The van der Waals surface area contributed by atoms with Crippen LogP contribution in [0.5, 0.6) is 0 Å². The highest BCUT2D eigenvalue weighted by Crippen LogP contribution is 2.12. The van der Waals surface area contributed by atoms with Gasteiger partial charge in [-0.3, -0.25) is 0 Å². The van der Waals surface area contributed by atoms with E-state index < -0.39 is 12.2 Å². The third-order valence-corrected chi connectivity index (χ3v) is 1.95. The molecule has 4 atom stereocenters. The van der Waals surface area contributed by atoms with E-state index in [-0.39, 0.29) is 18.7 Å². The van der Waals surface area contributed by atoms with E-state index >= 15 is 0 Å². The van der Waals surface area contributed by atoms with E-state index in [9.17, 15) is 0 Å². The Balaban J connectivity index is 2.53. The fraction of sp³-hybridized carbons (Fsp3) is 1.00. The molecule has 4 nitrogen and oxygen atoms in total. The van der Waals surface area contributed by atoms with Gasteiger partial charge in [-0.05, 0) is 6.92 Å². The maximum Gasteiger partial charge on any atom is 0.0989 e. The summed E-state index contributed by atoms with van der Waals surface area (Å²) in [5.74, 6) is 0. The summed E-state index contributed by atoms with van der Waals surface area (Å²) in [6, 6.07) is -0.503. The van der Waals surface area contributed by atoms with Crippen LogP contribution in [0, 0.1) is 0 Å². The smallest absolute Gasteiger partial charge is 0.0989 e. The zero-order chi connectivity index (χ0) is 7.72. The third-order valence-electron chi connectivity index (χ3n) is 1.95. The van der Waals surface area contributed by atoms with Crippen LogP contribution in [-0.2, 0) is 0 Å². The molecule has 0 aromatic rings. The molecule has 1 fully saturated rings. The second kappa shape index (κ2) is 2.84. The highest BCUT2D eigenvalue weighted by molar-refractivity contribution is 4.95. The summed E-state index contributed by atoms with van der Waals surface area (Å²) in [7, 11) is 0. The number of nitrogens with one attached hydrogen (secondary N) is 1. The number of hydrogen-bond donors (Lipinski definition) is 4. The molecule has 10 heavy (non-hydrogen) atoms. The molecule has 4 heteroatoms. The van der Waals surface area contributed by atoms with Crippen molar-refractivity contribution in [3.05, 3.63) is 0 Å². The first-order valence-corrected chi connectivity index (χ1v) is 3.40. The summed E-state index contributed by atoms with van der Waals surface area (Å²) < 4.78 is 0. The van der Waals surface area contributed by atoms with Crippen molar-refractivity contribution in [1.82, 2.24) is 5.32 Å². The van der Waals surface area contributed by atoms with Crippen LogP contribution in [0.15, 0.2) is 0 Å². The molecule has 4 N–H and O–H groups in total. The van der Waals surface area contributed by atoms with Gasteiger partial charge in [-0.15, -0.1) is 0 Å². The molecule has 1 aliphatic heterocycles. The molecule has 0 saturated carbocycles. The van der Waals surface area contributed by atoms with Gasteiger partial charge in [-0.1, -0.05) is 0 Å². The fourth-order valence-electron chi connectivity index (χ4n) is 1.23. The normalized spacial score (nSPS) is 48.0. The van der Waals surface area contributed by atoms with E-state index in [2.05, 4.69) is 5.32 Å². The van der Waals surface area contributed by atoms with Crippen molar-refractivity contribution in [3.8, 4) is 0 Å². The first kappa shape index (κ1) is 7.94. The lowest BCUT2D eigenvalue weighted by molar-refractivity contribution is 0.0214. The monoisotopic (exact) mass is 147 g/mol. The maximum atomic E-state index is 9.16. The van der Waals surface area contributed by atoms with Crippen molar-refractivity contribution in [1.29, 1.82) is 0 Å². The van der Waals surface area contributed by atoms with Crippen molar-refractivity contribution < 1.29 is 15.3 Å². The molecule has 1 heterocycles. The Morgan fingerprint density at radius 1 is 1.30 bits per heavy atom. The first-order valence-electron chi connectivity index (χ1n) is 3.40. The molecule has 3 unspecified atom stereocenters. The summed E-state index contributed by atoms with van der Waals surface area (Å²) >= 11 is 0. The lowest BCUT2D eigenvalue weighted by Crippen LogP contribution is -2.36. The highest BCUT2D eigenvalue weighted by atomic mass is 16.3. The largest absolute Gasteiger partial charge is 0.395 e. The number of hydrogen-bond acceptors (Lipinski definition) is 4. The van der Waals surface area contributed by atoms with Crippen LogP contribution in [0.4, 0.5) is 0 Å². The van der Waals surface area contributed by atoms with Crippen molar-refractivity contribution >= 4 is 0 Å². The zero-order valence-electron chi connectivity index (χ0n) is 5.86. The van der Waals surface area contributed by atoms with Gasteiger partial charge >= 0.3 is 0 Å². The van der Waals surface area contributed by atoms with Crippen LogP contribution >= 0.6 is 0 Å². The molecule has 0 aromatic carbocycles. The molecule has 0 aliphatic carbocycles. The average Bonchev–Trinajstić information content (AvgIpc) is 2.17. The van der Waals surface area contributed by atoms with E-state index in [1.807, 2.05) is 0 Å². The van der Waals surface area contributed by atoms with Crippen LogP contribution in [0.2, 0.25) is 0 Å². The Labute approximate surface area is 59.5 Å². The number of aliphatic hydroxyl groups is 3. The summed E-state index contributed by atoms with van der Waals surface area (Å²) in [5, 5.41) is 29.8. The second-order valence-electron chi connectivity index (χ2n) is 2.73. The minimum Gasteiger partial charge on any atom is -0.395 e. The third kappa shape index (κ3) is 1.15. The van der Waals surface area contributed by atoms with Gasteiger partial charge in [-0.25, -0.2) is 0 Å². The van der Waals surface area contributed by atoms with Crippen LogP contribution in [0.3, 0.4) is 0 Å². The van der Waals surface area contributed by atoms with Gasteiger partial charge in [0.1, 0.15) is 0 Å². The van der Waals surface area contributed by atoms with Crippen LogP contribution in [0.1, 0.15) is 6.92 Å². The zero-order valence-corrected chi connectivity index (χ0v) is 5.86. The Hall–Kier alpha value is -0.160. The molecule has 0 spiro atoms. The highest BCUT2D eigenvalue weighted by Gasteiger charge is 2.37. The Morgan fingerprint density at radius 2 is 1.90 bits per heavy atom. The molecular formula is C6H13NO3. The van der Waals surface area contributed by atoms with Gasteiger partial charge in [0.25, 0.3) is 0 Å². The summed E-state index contributed by atoms with van der Waals surface area (Å²) in [5.41, 5.74) is 0. The lowest BCUT2D eigenvalue weighted by Gasteiger charge is -2.11. The molecule has 0 aromatic heterocycles. The fourth-order valence-corrected chi connectivity index (χ4v) is 1.23. The van der Waals surface area contributed by atoms with Crippen LogP contribution in [0.25, 0.3) is 0 Å². The minimum atomic E-state index is -0.833. The summed E-state index contributed by atoms with van der Waals surface area (Å²) in [6.07, 6.45) is -1.59. The molecule has 0 radical (unpaired) electrons. The van der Waals surface area contributed by atoms with Gasteiger partial charge < -0.3 is 20.6 Å². The Morgan fingerprint density at radius 3 is 2.10 bits per heavy atom. The van der Waals surface area contributed by atoms with E-state index in [4.69, 9.17) is 15.3 Å². The SMILES string of the molecule is CC1NC(CO)C(O)[C@H]1O. The molecular weight excluding hydrogens is 134 g/mol. The van der Waals surface area contributed by atoms with E-state index in [0.29, 0.717) is 0 Å². The maximum absolute atomic E-state index is 9.16. The quantitative estimate of drug-likeness (QED) is 0.348. The Kier molecular flexibility index (Phi) is 2.25. The van der Waals surface area contributed by atoms with Crippen LogP contribution in [-0.4, -0.2) is 46.2 Å². The van der Waals surface area contributed by atoms with E-state index in [1.165, 1.54) is 0 Å². The number of rotatable bonds is 1. The van der Waals surface area contributed by atoms with Gasteiger partial charge in [-0.2, -0.15) is 0 Å². The van der Waals surface area contributed by atoms with Gasteiger partial charge in [0.2, 0.25) is 0 Å². The van der Waals surface area contributed by atoms with Crippen molar-refractivity contribution in [2.24, 2.45) is 0 Å². The van der Waals surface area contributed by atoms with Gasteiger partial charge in [0.15, 0.2) is 0 Å². The van der Waals surface area contributed by atoms with Gasteiger partial charge in [0, 0.05) is 6.04 Å². The second-order valence-corrected chi connectivity index (χ2v) is 2.73. The summed E-state index contributed by atoms with van der Waals surface area (Å²) in [6.45, 7) is 1.63. The topological polar surface area (TPSA) is 72.7 Å². The lowest BCUT2D eigenvalue weighted by atomic mass is 10.1. The first-order chi connectivity index (χ1) is 4.66. The summed E-state index contributed by atoms with van der Waals surface area (Å²) in [4.78, 5) is 0. The van der Waals surface area contributed by atoms with Crippen molar-refractivity contribution in [2.75, 3.05) is 6.61 Å². The Bertz CT molecular complexity index is 120. The molecule has 0 bridgehead atoms. The number of aliphatic hydroxyl groups excluding tert-OH is 3. The average molecular weight is 147 g/mol. The standard InChI is InChI=1S/C6H13NO3/c1-3-5(9)6(10)4(2-8)7-3/h3-10H,2H2,1H3/t3?,4?,5-,6?/m0/s1. The van der Waals surface area contributed by atoms with Crippen molar-refractivity contribution in [2.45, 2.75) is 31.2 Å². The van der Waals surface area contributed by atoms with Crippen LogP contribution < -0.4 is 5.32 Å². The minimum absolute atomic E-state index is 0.132. The van der Waals surface area contributed by atoms with Gasteiger partial charge in [0.05, 0.1) is 24.9 Å². The molecule has 1 aliphatic rings. The molecule has 1 rings (SSSR count). The predicted molar refractivity (Wildman–Crippen MR) is 35.5 cm³/mol. The molecule has 0 amide bonds.